The SMILES string of the molecule is CCN(CC)S(=O)(=O)c1cc(NC(=O)c2cnc(OCC(F)(F)F)c(Cl)c2)ccc1C. The number of rotatable bonds is 8. The Hall–Kier alpha value is -2.37. The van der Waals surface area contributed by atoms with E-state index in [1.54, 1.807) is 26.8 Å². The van der Waals surface area contributed by atoms with Crippen molar-refractivity contribution in [3.63, 3.8) is 0 Å². The van der Waals surface area contributed by atoms with E-state index in [-0.39, 0.29) is 21.2 Å². The average Bonchev–Trinajstić information content (AvgIpc) is 2.68. The number of aryl methyl sites for hydroxylation is 1. The number of anilines is 1. The van der Waals surface area contributed by atoms with Crippen LogP contribution < -0.4 is 10.1 Å². The lowest BCUT2D eigenvalue weighted by Gasteiger charge is -2.20. The van der Waals surface area contributed by atoms with Gasteiger partial charge in [0, 0.05) is 25.0 Å². The lowest BCUT2D eigenvalue weighted by Crippen LogP contribution is -2.31. The third-order valence-corrected chi connectivity index (χ3v) is 6.67. The molecule has 0 saturated carbocycles. The Kier molecular flexibility index (Phi) is 7.90. The van der Waals surface area contributed by atoms with Crippen molar-refractivity contribution in [1.82, 2.24) is 9.29 Å². The summed E-state index contributed by atoms with van der Waals surface area (Å²) < 4.78 is 68.2. The van der Waals surface area contributed by atoms with Gasteiger partial charge in [0.25, 0.3) is 5.91 Å². The summed E-state index contributed by atoms with van der Waals surface area (Å²) in [5.41, 5.74) is 0.689. The highest BCUT2D eigenvalue weighted by Gasteiger charge is 2.29. The molecule has 31 heavy (non-hydrogen) atoms. The normalized spacial score (nSPS) is 12.1. The second-order valence-corrected chi connectivity index (χ2v) is 8.75. The molecule has 1 N–H and O–H groups in total. The van der Waals surface area contributed by atoms with Gasteiger partial charge in [0.2, 0.25) is 15.9 Å². The summed E-state index contributed by atoms with van der Waals surface area (Å²) in [5, 5.41) is 2.26. The molecule has 0 fully saturated rings. The maximum absolute atomic E-state index is 12.8. The third-order valence-electron chi connectivity index (χ3n) is 4.21. The number of halogens is 4. The van der Waals surface area contributed by atoms with E-state index in [1.165, 1.54) is 16.4 Å². The fourth-order valence-corrected chi connectivity index (χ4v) is 4.60. The molecule has 0 bridgehead atoms. The standard InChI is InChI=1S/C19H21ClF3N3O4S/c1-4-26(5-2)31(28,29)16-9-14(7-6-12(16)3)25-17(27)13-8-15(20)18(24-10-13)30-11-19(21,22)23/h6-10H,4-5,11H2,1-3H3,(H,25,27). The minimum Gasteiger partial charge on any atom is -0.467 e. The molecule has 7 nitrogen and oxygen atoms in total. The molecule has 0 unspecified atom stereocenters. The summed E-state index contributed by atoms with van der Waals surface area (Å²) in [4.78, 5) is 16.2. The molecule has 1 aromatic carbocycles. The fourth-order valence-electron chi connectivity index (χ4n) is 2.67. The van der Waals surface area contributed by atoms with Gasteiger partial charge in [-0.15, -0.1) is 0 Å². The van der Waals surface area contributed by atoms with Crippen LogP contribution in [0.3, 0.4) is 0 Å². The highest BCUT2D eigenvalue weighted by Crippen LogP contribution is 2.27. The van der Waals surface area contributed by atoms with Gasteiger partial charge in [-0.25, -0.2) is 13.4 Å². The summed E-state index contributed by atoms with van der Waals surface area (Å²) in [5.74, 6) is -1.13. The summed E-state index contributed by atoms with van der Waals surface area (Å²) in [6, 6.07) is 5.55. The number of carbonyl (C=O) groups excluding carboxylic acids is 1. The largest absolute Gasteiger partial charge is 0.467 e. The number of pyridine rings is 1. The third kappa shape index (κ3) is 6.31. The molecule has 0 saturated heterocycles. The van der Waals surface area contributed by atoms with Crippen LogP contribution in [-0.4, -0.2) is 49.5 Å². The van der Waals surface area contributed by atoms with E-state index in [4.69, 9.17) is 11.6 Å². The Labute approximate surface area is 183 Å². The van der Waals surface area contributed by atoms with Crippen LogP contribution in [0.1, 0.15) is 29.8 Å². The number of aromatic nitrogens is 1. The van der Waals surface area contributed by atoms with E-state index >= 15 is 0 Å². The van der Waals surface area contributed by atoms with Gasteiger partial charge >= 0.3 is 6.18 Å². The molecule has 170 valence electrons. The van der Waals surface area contributed by atoms with Gasteiger partial charge in [-0.3, -0.25) is 4.79 Å². The molecule has 0 aliphatic rings. The van der Waals surface area contributed by atoms with Gasteiger partial charge in [-0.05, 0) is 30.7 Å². The molecule has 1 aromatic heterocycles. The van der Waals surface area contributed by atoms with Crippen molar-refractivity contribution in [2.45, 2.75) is 31.8 Å². The summed E-state index contributed by atoms with van der Waals surface area (Å²) in [7, 11) is -3.75. The van der Waals surface area contributed by atoms with Crippen molar-refractivity contribution < 1.29 is 31.1 Å². The maximum Gasteiger partial charge on any atom is 0.422 e. The first kappa shape index (κ1) is 24.9. The number of hydrogen-bond acceptors (Lipinski definition) is 5. The number of nitrogens with one attached hydrogen (secondary N) is 1. The Morgan fingerprint density at radius 1 is 1.23 bits per heavy atom. The molecule has 0 spiro atoms. The number of alkyl halides is 3. The Morgan fingerprint density at radius 3 is 2.42 bits per heavy atom. The minimum absolute atomic E-state index is 0.0434. The van der Waals surface area contributed by atoms with E-state index in [2.05, 4.69) is 15.0 Å². The van der Waals surface area contributed by atoms with Crippen molar-refractivity contribution in [2.24, 2.45) is 0 Å². The number of benzene rings is 1. The van der Waals surface area contributed by atoms with Crippen molar-refractivity contribution in [2.75, 3.05) is 25.0 Å². The van der Waals surface area contributed by atoms with Gasteiger partial charge in [0.1, 0.15) is 5.02 Å². The number of ether oxygens (including phenoxy) is 1. The number of carbonyl (C=O) groups is 1. The van der Waals surface area contributed by atoms with Crippen molar-refractivity contribution in [3.05, 3.63) is 46.6 Å². The van der Waals surface area contributed by atoms with Gasteiger partial charge < -0.3 is 10.1 Å². The van der Waals surface area contributed by atoms with E-state index in [9.17, 15) is 26.4 Å². The molecule has 0 atom stereocenters. The van der Waals surface area contributed by atoms with Crippen LogP contribution >= 0.6 is 11.6 Å². The molecule has 0 aliphatic heterocycles. The zero-order valence-electron chi connectivity index (χ0n) is 17.0. The van der Waals surface area contributed by atoms with Gasteiger partial charge in [-0.1, -0.05) is 31.5 Å². The highest BCUT2D eigenvalue weighted by molar-refractivity contribution is 7.89. The molecule has 1 heterocycles. The van der Waals surface area contributed by atoms with E-state index in [0.29, 0.717) is 18.7 Å². The molecule has 12 heteroatoms. The minimum atomic E-state index is -4.56. The lowest BCUT2D eigenvalue weighted by molar-refractivity contribution is -0.154. The van der Waals surface area contributed by atoms with E-state index < -0.39 is 34.6 Å². The predicted molar refractivity (Wildman–Crippen MR) is 110 cm³/mol. The van der Waals surface area contributed by atoms with Crippen molar-refractivity contribution in [3.8, 4) is 5.88 Å². The Bertz CT molecular complexity index is 1060. The average molecular weight is 480 g/mol. The topological polar surface area (TPSA) is 88.6 Å². The fraction of sp³-hybridized carbons (Fsp3) is 0.368. The van der Waals surface area contributed by atoms with Crippen LogP contribution in [0.5, 0.6) is 5.88 Å². The zero-order chi connectivity index (χ0) is 23.4. The van der Waals surface area contributed by atoms with Gasteiger partial charge in [0.05, 0.1) is 10.5 Å². The molecule has 1 amide bonds. The summed E-state index contributed by atoms with van der Waals surface area (Å²) in [6.07, 6.45) is -3.55. The highest BCUT2D eigenvalue weighted by atomic mass is 35.5. The first-order valence-corrected chi connectivity index (χ1v) is 11.0. The van der Waals surface area contributed by atoms with Crippen LogP contribution in [0.4, 0.5) is 18.9 Å². The molecular formula is C19H21ClF3N3O4S. The lowest BCUT2D eigenvalue weighted by atomic mass is 10.2. The van der Waals surface area contributed by atoms with Crippen LogP contribution in [0.25, 0.3) is 0 Å². The first-order chi connectivity index (χ1) is 14.4. The number of hydrogen-bond donors (Lipinski definition) is 1. The van der Waals surface area contributed by atoms with Gasteiger partial charge in [-0.2, -0.15) is 17.5 Å². The van der Waals surface area contributed by atoms with Crippen molar-refractivity contribution in [1.29, 1.82) is 0 Å². The molecule has 2 aromatic rings. The van der Waals surface area contributed by atoms with Crippen LogP contribution in [-0.2, 0) is 10.0 Å². The summed E-state index contributed by atoms with van der Waals surface area (Å²) in [6.45, 7) is 4.11. The van der Waals surface area contributed by atoms with E-state index in [0.717, 1.165) is 12.3 Å². The molecule has 0 aliphatic carbocycles. The van der Waals surface area contributed by atoms with Crippen LogP contribution in [0.2, 0.25) is 5.02 Å². The predicted octanol–water partition coefficient (Wildman–Crippen LogP) is 4.27. The first-order valence-electron chi connectivity index (χ1n) is 9.16. The van der Waals surface area contributed by atoms with Crippen LogP contribution in [0.15, 0.2) is 35.4 Å². The van der Waals surface area contributed by atoms with Gasteiger partial charge in [0.15, 0.2) is 6.61 Å². The number of amides is 1. The smallest absolute Gasteiger partial charge is 0.422 e. The summed E-state index contributed by atoms with van der Waals surface area (Å²) >= 11 is 5.86. The second kappa shape index (κ2) is 9.84. The molecular weight excluding hydrogens is 459 g/mol. The Balaban J connectivity index is 2.24. The Morgan fingerprint density at radius 2 is 1.87 bits per heavy atom. The second-order valence-electron chi connectivity index (χ2n) is 6.44. The maximum atomic E-state index is 12.8. The monoisotopic (exact) mass is 479 g/mol. The number of sulfonamides is 1. The van der Waals surface area contributed by atoms with Crippen molar-refractivity contribution >= 4 is 33.2 Å². The quantitative estimate of drug-likeness (QED) is 0.611. The molecule has 0 radical (unpaired) electrons. The van der Waals surface area contributed by atoms with Crippen LogP contribution in [0, 0.1) is 6.92 Å². The molecule has 2 rings (SSSR count). The number of nitrogens with zero attached hydrogens (tertiary/aromatic N) is 2. The zero-order valence-corrected chi connectivity index (χ0v) is 18.5. The van der Waals surface area contributed by atoms with E-state index in [1.807, 2.05) is 0 Å².